The summed E-state index contributed by atoms with van der Waals surface area (Å²) in [5, 5.41) is 4.44. The van der Waals surface area contributed by atoms with Gasteiger partial charge in [-0.3, -0.25) is 4.98 Å². The first-order chi connectivity index (χ1) is 9.10. The third-order valence-electron chi connectivity index (χ3n) is 4.50. The van der Waals surface area contributed by atoms with Crippen molar-refractivity contribution in [3.63, 3.8) is 0 Å². The summed E-state index contributed by atoms with van der Waals surface area (Å²) in [6.45, 7) is 4.87. The lowest BCUT2D eigenvalue weighted by Gasteiger charge is -2.18. The van der Waals surface area contributed by atoms with Crippen molar-refractivity contribution >= 4 is 29.4 Å². The van der Waals surface area contributed by atoms with Crippen molar-refractivity contribution in [3.8, 4) is 11.1 Å². The minimum absolute atomic E-state index is 1.31. The van der Waals surface area contributed by atoms with Crippen LogP contribution in [0.2, 0.25) is 13.1 Å². The van der Waals surface area contributed by atoms with Crippen molar-refractivity contribution in [2.75, 3.05) is 0 Å². The molecule has 0 N–H and O–H groups in total. The second-order valence-corrected chi connectivity index (χ2v) is 10.2. The highest BCUT2D eigenvalue weighted by Gasteiger charge is 2.38. The van der Waals surface area contributed by atoms with E-state index in [0.29, 0.717) is 0 Å². The number of aromatic nitrogens is 2. The van der Waals surface area contributed by atoms with Crippen molar-refractivity contribution in [3.05, 3.63) is 42.9 Å². The molecule has 1 aliphatic rings. The molecule has 0 atom stereocenters. The molecule has 2 nitrogen and oxygen atoms in total. The highest BCUT2D eigenvalue weighted by Crippen LogP contribution is 2.33. The van der Waals surface area contributed by atoms with E-state index >= 15 is 0 Å². The topological polar surface area (TPSA) is 17.8 Å². The van der Waals surface area contributed by atoms with Crippen LogP contribution in [0, 0.1) is 0 Å². The van der Waals surface area contributed by atoms with E-state index in [4.69, 9.17) is 0 Å². The maximum Gasteiger partial charge on any atom is 0.114 e. The smallest absolute Gasteiger partial charge is 0.114 e. The Hall–Kier alpha value is -1.87. The summed E-state index contributed by atoms with van der Waals surface area (Å²) in [5.41, 5.74) is 4.09. The molecule has 3 aromatic rings. The number of nitrogens with zero attached hydrogens (tertiary/aromatic N) is 2. The van der Waals surface area contributed by atoms with E-state index in [1.165, 1.54) is 27.2 Å². The summed E-state index contributed by atoms with van der Waals surface area (Å²) in [6, 6.07) is 9.06. The fraction of sp³-hybridized carbons (Fsp3) is 0.188. The molecule has 4 rings (SSSR count). The van der Waals surface area contributed by atoms with Gasteiger partial charge in [0.25, 0.3) is 0 Å². The van der Waals surface area contributed by atoms with Gasteiger partial charge < -0.3 is 4.57 Å². The van der Waals surface area contributed by atoms with E-state index in [1.54, 1.807) is 5.19 Å². The third kappa shape index (κ3) is 1.23. The highest BCUT2D eigenvalue weighted by molar-refractivity contribution is 7.04. The number of fused-ring (bicyclic) bond motifs is 5. The first kappa shape index (κ1) is 11.0. The lowest BCUT2D eigenvalue weighted by atomic mass is 10.0. The standard InChI is InChI=1S/C16H16N2Si/c1-18-9-7-11-13(18)4-5-15-16(11)12-10-17-8-6-14(12)19(15,2)3/h4-10H,1-3H3. The van der Waals surface area contributed by atoms with Crippen molar-refractivity contribution in [1.29, 1.82) is 0 Å². The maximum atomic E-state index is 4.35. The van der Waals surface area contributed by atoms with Crippen molar-refractivity contribution in [2.45, 2.75) is 13.1 Å². The van der Waals surface area contributed by atoms with Crippen LogP contribution in [0.25, 0.3) is 22.0 Å². The highest BCUT2D eigenvalue weighted by atomic mass is 28.3. The number of pyridine rings is 1. The molecule has 1 aliphatic heterocycles. The van der Waals surface area contributed by atoms with Crippen LogP contribution in [-0.2, 0) is 7.05 Å². The normalized spacial score (nSPS) is 15.5. The fourth-order valence-corrected chi connectivity index (χ4v) is 6.48. The molecule has 3 heterocycles. The lowest BCUT2D eigenvalue weighted by Crippen LogP contribution is -2.49. The van der Waals surface area contributed by atoms with E-state index in [9.17, 15) is 0 Å². The quantitative estimate of drug-likeness (QED) is 0.570. The second-order valence-electron chi connectivity index (χ2n) is 5.89. The van der Waals surface area contributed by atoms with Gasteiger partial charge in [0.15, 0.2) is 0 Å². The molecule has 0 unspecified atom stereocenters. The Morgan fingerprint density at radius 3 is 2.74 bits per heavy atom. The van der Waals surface area contributed by atoms with Gasteiger partial charge in [-0.15, -0.1) is 0 Å². The Morgan fingerprint density at radius 1 is 1.05 bits per heavy atom. The largest absolute Gasteiger partial charge is 0.351 e. The molecule has 0 saturated carbocycles. The molecule has 2 aromatic heterocycles. The van der Waals surface area contributed by atoms with Crippen molar-refractivity contribution < 1.29 is 0 Å². The van der Waals surface area contributed by atoms with Gasteiger partial charge in [0, 0.05) is 42.1 Å². The molecule has 0 bridgehead atoms. The predicted octanol–water partition coefficient (Wildman–Crippen LogP) is 2.38. The van der Waals surface area contributed by atoms with Gasteiger partial charge in [0.2, 0.25) is 0 Å². The Labute approximate surface area is 113 Å². The summed E-state index contributed by atoms with van der Waals surface area (Å²) in [5.74, 6) is 0. The molecular formula is C16H16N2Si. The molecule has 3 heteroatoms. The average Bonchev–Trinajstić information content (AvgIpc) is 2.89. The van der Waals surface area contributed by atoms with Crippen LogP contribution >= 0.6 is 0 Å². The minimum Gasteiger partial charge on any atom is -0.351 e. The molecule has 0 aliphatic carbocycles. The Kier molecular flexibility index (Phi) is 1.95. The molecular weight excluding hydrogens is 248 g/mol. The van der Waals surface area contributed by atoms with Crippen LogP contribution in [0.1, 0.15) is 0 Å². The number of rotatable bonds is 0. The van der Waals surface area contributed by atoms with Gasteiger partial charge in [-0.05, 0) is 34.1 Å². The van der Waals surface area contributed by atoms with Crippen LogP contribution in [-0.4, -0.2) is 17.6 Å². The zero-order valence-corrected chi connectivity index (χ0v) is 12.4. The van der Waals surface area contributed by atoms with Gasteiger partial charge >= 0.3 is 0 Å². The minimum atomic E-state index is -1.54. The summed E-state index contributed by atoms with van der Waals surface area (Å²) in [6.07, 6.45) is 6.12. The molecule has 0 amide bonds. The maximum absolute atomic E-state index is 4.35. The Morgan fingerprint density at radius 2 is 1.89 bits per heavy atom. The third-order valence-corrected chi connectivity index (χ3v) is 8.05. The summed E-state index contributed by atoms with van der Waals surface area (Å²) in [4.78, 5) is 4.35. The molecule has 19 heavy (non-hydrogen) atoms. The fourth-order valence-electron chi connectivity index (χ4n) is 3.45. The first-order valence-corrected chi connectivity index (χ1v) is 9.64. The molecule has 0 saturated heterocycles. The number of aryl methyl sites for hydroxylation is 1. The summed E-state index contributed by atoms with van der Waals surface area (Å²) >= 11 is 0. The Bertz CT molecular complexity index is 815. The van der Waals surface area contributed by atoms with Crippen LogP contribution in [0.15, 0.2) is 42.9 Å². The molecule has 94 valence electrons. The van der Waals surface area contributed by atoms with E-state index in [0.717, 1.165) is 0 Å². The van der Waals surface area contributed by atoms with Crippen LogP contribution in [0.5, 0.6) is 0 Å². The molecule has 1 aromatic carbocycles. The average molecular weight is 264 g/mol. The lowest BCUT2D eigenvalue weighted by molar-refractivity contribution is 0.969. The van der Waals surface area contributed by atoms with Crippen LogP contribution < -0.4 is 10.4 Å². The first-order valence-electron chi connectivity index (χ1n) is 6.64. The van der Waals surface area contributed by atoms with Gasteiger partial charge in [0.1, 0.15) is 8.07 Å². The van der Waals surface area contributed by atoms with Crippen molar-refractivity contribution in [1.82, 2.24) is 9.55 Å². The number of hydrogen-bond donors (Lipinski definition) is 0. The molecule has 0 spiro atoms. The van der Waals surface area contributed by atoms with E-state index in [2.05, 4.69) is 60.2 Å². The van der Waals surface area contributed by atoms with E-state index in [1.807, 2.05) is 12.4 Å². The van der Waals surface area contributed by atoms with Gasteiger partial charge in [0.05, 0.1) is 0 Å². The second kappa shape index (κ2) is 3.36. The summed E-state index contributed by atoms with van der Waals surface area (Å²) in [7, 11) is 0.569. The van der Waals surface area contributed by atoms with Crippen LogP contribution in [0.4, 0.5) is 0 Å². The monoisotopic (exact) mass is 264 g/mol. The molecule has 0 fully saturated rings. The molecule has 0 radical (unpaired) electrons. The number of benzene rings is 1. The van der Waals surface area contributed by atoms with E-state index in [-0.39, 0.29) is 0 Å². The van der Waals surface area contributed by atoms with E-state index < -0.39 is 8.07 Å². The van der Waals surface area contributed by atoms with Gasteiger partial charge in [-0.25, -0.2) is 0 Å². The van der Waals surface area contributed by atoms with Gasteiger partial charge in [-0.1, -0.05) is 19.2 Å². The predicted molar refractivity (Wildman–Crippen MR) is 82.9 cm³/mol. The number of hydrogen-bond acceptors (Lipinski definition) is 1. The zero-order valence-electron chi connectivity index (χ0n) is 11.4. The van der Waals surface area contributed by atoms with Crippen molar-refractivity contribution in [2.24, 2.45) is 7.05 Å². The Balaban J connectivity index is 2.22. The zero-order chi connectivity index (χ0) is 13.2. The SMILES string of the molecule is Cn1ccc2c3c(ccc21)[Si](C)(C)c1ccncc1-3. The van der Waals surface area contributed by atoms with Gasteiger partial charge in [-0.2, -0.15) is 0 Å². The van der Waals surface area contributed by atoms with Crippen LogP contribution in [0.3, 0.4) is 0 Å². The summed E-state index contributed by atoms with van der Waals surface area (Å²) < 4.78 is 2.19.